The second-order valence-electron chi connectivity index (χ2n) is 5.79. The zero-order chi connectivity index (χ0) is 16.4. The highest BCUT2D eigenvalue weighted by atomic mass is 32.1. The Kier molecular flexibility index (Phi) is 4.61. The molecule has 1 saturated carbocycles. The van der Waals surface area contributed by atoms with Gasteiger partial charge in [0.2, 0.25) is 0 Å². The number of amides is 1. The predicted octanol–water partition coefficient (Wildman–Crippen LogP) is 2.80. The van der Waals surface area contributed by atoms with Crippen LogP contribution in [0.3, 0.4) is 0 Å². The fraction of sp³-hybridized carbons (Fsp3) is 0.471. The number of ether oxygens (including phenoxy) is 1. The average molecular weight is 332 g/mol. The molecule has 0 atom stereocenters. The number of thiazole rings is 1. The predicted molar refractivity (Wildman–Crippen MR) is 89.1 cm³/mol. The van der Waals surface area contributed by atoms with Crippen molar-refractivity contribution in [3.05, 3.63) is 28.6 Å². The third-order valence-electron chi connectivity index (χ3n) is 3.82. The van der Waals surface area contributed by atoms with Gasteiger partial charge in [0.15, 0.2) is 4.80 Å². The molecule has 1 aromatic heterocycles. The maximum absolute atomic E-state index is 12.0. The molecule has 23 heavy (non-hydrogen) atoms. The van der Waals surface area contributed by atoms with Crippen molar-refractivity contribution >= 4 is 33.4 Å². The molecule has 0 N–H and O–H groups in total. The number of rotatable bonds is 5. The molecule has 5 nitrogen and oxygen atoms in total. The van der Waals surface area contributed by atoms with Gasteiger partial charge in [0, 0.05) is 12.5 Å². The van der Waals surface area contributed by atoms with Gasteiger partial charge in [-0.05, 0) is 44.4 Å². The van der Waals surface area contributed by atoms with Gasteiger partial charge in [-0.15, -0.1) is 0 Å². The fourth-order valence-corrected chi connectivity index (χ4v) is 3.59. The maximum atomic E-state index is 12.0. The van der Waals surface area contributed by atoms with E-state index in [1.54, 1.807) is 6.92 Å². The Morgan fingerprint density at radius 3 is 2.87 bits per heavy atom. The van der Waals surface area contributed by atoms with Crippen molar-refractivity contribution in [1.82, 2.24) is 4.57 Å². The lowest BCUT2D eigenvalue weighted by molar-refractivity contribution is -0.143. The smallest absolute Gasteiger partial charge is 0.307 e. The number of nitrogens with zero attached hydrogens (tertiary/aromatic N) is 2. The van der Waals surface area contributed by atoms with Crippen molar-refractivity contribution in [2.75, 3.05) is 6.61 Å². The van der Waals surface area contributed by atoms with E-state index in [0.29, 0.717) is 18.0 Å². The summed E-state index contributed by atoms with van der Waals surface area (Å²) in [5.74, 6) is -0.176. The number of fused-ring (bicyclic) bond motifs is 1. The quantitative estimate of drug-likeness (QED) is 0.791. The van der Waals surface area contributed by atoms with Crippen LogP contribution in [-0.4, -0.2) is 23.1 Å². The van der Waals surface area contributed by atoms with Gasteiger partial charge in [-0.1, -0.05) is 17.4 Å². The Labute approximate surface area is 138 Å². The summed E-state index contributed by atoms with van der Waals surface area (Å²) < 4.78 is 8.03. The minimum Gasteiger partial charge on any atom is -0.466 e. The summed E-state index contributed by atoms with van der Waals surface area (Å²) in [5.41, 5.74) is 2.17. The van der Waals surface area contributed by atoms with Crippen LogP contribution in [0.2, 0.25) is 0 Å². The highest BCUT2D eigenvalue weighted by Gasteiger charge is 2.29. The number of carbonyl (C=O) groups excluding carboxylic acids is 2. The van der Waals surface area contributed by atoms with Gasteiger partial charge >= 0.3 is 5.97 Å². The van der Waals surface area contributed by atoms with Gasteiger partial charge < -0.3 is 9.30 Å². The summed E-state index contributed by atoms with van der Waals surface area (Å²) in [6, 6.07) is 6.14. The number of esters is 1. The van der Waals surface area contributed by atoms with E-state index in [2.05, 4.69) is 11.1 Å². The van der Waals surface area contributed by atoms with Crippen LogP contribution in [0.4, 0.5) is 0 Å². The van der Waals surface area contributed by atoms with Crippen LogP contribution in [0.5, 0.6) is 0 Å². The molecular weight excluding hydrogens is 312 g/mol. The lowest BCUT2D eigenvalue weighted by Gasteiger charge is -2.05. The second-order valence-corrected chi connectivity index (χ2v) is 6.80. The summed E-state index contributed by atoms with van der Waals surface area (Å²) in [5, 5.41) is 0. The molecule has 0 aliphatic heterocycles. The summed E-state index contributed by atoms with van der Waals surface area (Å²) in [4.78, 5) is 28.7. The summed E-state index contributed by atoms with van der Waals surface area (Å²) >= 11 is 1.50. The molecule has 0 bridgehead atoms. The van der Waals surface area contributed by atoms with E-state index in [1.807, 2.05) is 23.6 Å². The molecule has 3 rings (SSSR count). The normalized spacial score (nSPS) is 15.1. The Balaban J connectivity index is 1.97. The van der Waals surface area contributed by atoms with Gasteiger partial charge in [-0.2, -0.15) is 4.99 Å². The first kappa shape index (κ1) is 15.9. The molecule has 1 aliphatic rings. The van der Waals surface area contributed by atoms with E-state index in [-0.39, 0.29) is 24.2 Å². The van der Waals surface area contributed by atoms with E-state index in [1.165, 1.54) is 11.3 Å². The van der Waals surface area contributed by atoms with Gasteiger partial charge in [-0.3, -0.25) is 9.59 Å². The molecule has 1 fully saturated rings. The monoisotopic (exact) mass is 332 g/mol. The molecule has 0 spiro atoms. The highest BCUT2D eigenvalue weighted by molar-refractivity contribution is 7.16. The summed E-state index contributed by atoms with van der Waals surface area (Å²) in [6.45, 7) is 4.68. The van der Waals surface area contributed by atoms with Crippen molar-refractivity contribution in [3.63, 3.8) is 0 Å². The van der Waals surface area contributed by atoms with Crippen LogP contribution < -0.4 is 4.80 Å². The minimum atomic E-state index is -0.231. The van der Waals surface area contributed by atoms with Crippen molar-refractivity contribution in [1.29, 1.82) is 0 Å². The van der Waals surface area contributed by atoms with Gasteiger partial charge in [0.05, 0.1) is 23.2 Å². The molecule has 1 aromatic carbocycles. The van der Waals surface area contributed by atoms with Gasteiger partial charge in [-0.25, -0.2) is 0 Å². The van der Waals surface area contributed by atoms with E-state index in [4.69, 9.17) is 4.74 Å². The first-order valence-electron chi connectivity index (χ1n) is 7.92. The summed E-state index contributed by atoms with van der Waals surface area (Å²) in [7, 11) is 0. The summed E-state index contributed by atoms with van der Waals surface area (Å²) in [6.07, 6.45) is 2.16. The number of hydrogen-bond donors (Lipinski definition) is 0. The Morgan fingerprint density at radius 2 is 2.17 bits per heavy atom. The first-order chi connectivity index (χ1) is 11.1. The van der Waals surface area contributed by atoms with Crippen LogP contribution in [0.25, 0.3) is 10.2 Å². The molecule has 1 aliphatic carbocycles. The van der Waals surface area contributed by atoms with Gasteiger partial charge in [0.1, 0.15) is 0 Å². The van der Waals surface area contributed by atoms with Crippen LogP contribution >= 0.6 is 11.3 Å². The van der Waals surface area contributed by atoms with Crippen LogP contribution in [0, 0.1) is 12.8 Å². The van der Waals surface area contributed by atoms with Crippen molar-refractivity contribution in [3.8, 4) is 0 Å². The van der Waals surface area contributed by atoms with Crippen molar-refractivity contribution in [2.24, 2.45) is 10.9 Å². The SMILES string of the molecule is CCOC(=O)CCn1c(=NC(=O)C2CC2)sc2cc(C)ccc21. The third-order valence-corrected chi connectivity index (χ3v) is 4.86. The maximum Gasteiger partial charge on any atom is 0.307 e. The molecule has 1 heterocycles. The van der Waals surface area contributed by atoms with E-state index in [0.717, 1.165) is 28.6 Å². The Bertz CT molecular complexity index is 815. The lowest BCUT2D eigenvalue weighted by atomic mass is 10.2. The minimum absolute atomic E-state index is 0.0434. The molecular formula is C17H20N2O3S. The van der Waals surface area contributed by atoms with Crippen molar-refractivity contribution < 1.29 is 14.3 Å². The van der Waals surface area contributed by atoms with E-state index < -0.39 is 0 Å². The van der Waals surface area contributed by atoms with E-state index >= 15 is 0 Å². The molecule has 2 aromatic rings. The molecule has 0 unspecified atom stereocenters. The average Bonchev–Trinajstić information content (AvgIpc) is 3.29. The van der Waals surface area contributed by atoms with E-state index in [9.17, 15) is 9.59 Å². The number of aryl methyl sites for hydroxylation is 2. The number of hydrogen-bond acceptors (Lipinski definition) is 4. The van der Waals surface area contributed by atoms with Crippen LogP contribution in [0.1, 0.15) is 31.7 Å². The standard InChI is InChI=1S/C17H20N2O3S/c1-3-22-15(20)8-9-19-13-7-4-11(2)10-14(13)23-17(19)18-16(21)12-5-6-12/h4,7,10,12H,3,5-6,8-9H2,1-2H3. The molecule has 0 saturated heterocycles. The second kappa shape index (κ2) is 6.66. The number of carbonyl (C=O) groups is 2. The topological polar surface area (TPSA) is 60.7 Å². The molecule has 122 valence electrons. The number of aromatic nitrogens is 1. The number of benzene rings is 1. The van der Waals surface area contributed by atoms with Gasteiger partial charge in [0.25, 0.3) is 5.91 Å². The van der Waals surface area contributed by atoms with Crippen LogP contribution in [-0.2, 0) is 20.9 Å². The fourth-order valence-electron chi connectivity index (χ4n) is 2.43. The molecule has 6 heteroatoms. The largest absolute Gasteiger partial charge is 0.466 e. The lowest BCUT2D eigenvalue weighted by Crippen LogP contribution is -2.19. The first-order valence-corrected chi connectivity index (χ1v) is 8.74. The zero-order valence-corrected chi connectivity index (χ0v) is 14.2. The van der Waals surface area contributed by atoms with Crippen molar-refractivity contribution in [2.45, 2.75) is 39.7 Å². The van der Waals surface area contributed by atoms with Crippen LogP contribution in [0.15, 0.2) is 23.2 Å². The molecule has 0 radical (unpaired) electrons. The third kappa shape index (κ3) is 3.69. The Morgan fingerprint density at radius 1 is 1.39 bits per heavy atom. The Hall–Kier alpha value is -1.95. The zero-order valence-electron chi connectivity index (χ0n) is 13.4. The highest BCUT2D eigenvalue weighted by Crippen LogP contribution is 2.30. The molecule has 1 amide bonds.